The van der Waals surface area contributed by atoms with Crippen LogP contribution in [0.25, 0.3) is 10.9 Å². The number of carbonyl (C=O) groups is 1. The topological polar surface area (TPSA) is 36.1 Å². The Bertz CT molecular complexity index is 972. The van der Waals surface area contributed by atoms with Crippen molar-refractivity contribution >= 4 is 32.7 Å². The monoisotopic (exact) mass is 422 g/mol. The third-order valence-corrected chi connectivity index (χ3v) is 5.39. The van der Waals surface area contributed by atoms with Gasteiger partial charge in [-0.3, -0.25) is 4.79 Å². The number of aromatic nitrogens is 1. The Hall–Kier alpha value is -2.59. The van der Waals surface area contributed by atoms with E-state index in [1.54, 1.807) is 0 Å². The Labute approximate surface area is 168 Å². The molecule has 1 amide bonds. The van der Waals surface area contributed by atoms with E-state index in [9.17, 15) is 4.79 Å². The number of para-hydroxylation sites is 1. The number of aromatic amines is 1. The number of rotatable bonds is 7. The van der Waals surface area contributed by atoms with Crippen LogP contribution in [0, 0.1) is 6.92 Å². The molecule has 1 N–H and O–H groups in total. The van der Waals surface area contributed by atoms with Crippen LogP contribution in [0.3, 0.4) is 0 Å². The highest BCUT2D eigenvalue weighted by atomic mass is 79.9. The van der Waals surface area contributed by atoms with Gasteiger partial charge in [-0.25, -0.2) is 0 Å². The van der Waals surface area contributed by atoms with E-state index in [1.165, 1.54) is 22.6 Å². The molecule has 0 saturated carbocycles. The standard InChI is InChI=1S/C23H23BrN2O/c1-4-21(17-9-11-19(24)12-10-17)26(22(27)5-2)14-13-18-15-25-23-16(3)7-6-8-20(18)23/h4-12,15,21,25H,1-2,13-14H2,3H3. The van der Waals surface area contributed by atoms with Crippen molar-refractivity contribution < 1.29 is 4.79 Å². The van der Waals surface area contributed by atoms with Gasteiger partial charge in [0.25, 0.3) is 0 Å². The van der Waals surface area contributed by atoms with Gasteiger partial charge in [-0.15, -0.1) is 6.58 Å². The molecule has 0 aliphatic heterocycles. The molecular weight excluding hydrogens is 400 g/mol. The normalized spacial score (nSPS) is 11.9. The molecule has 1 atom stereocenters. The first-order valence-electron chi connectivity index (χ1n) is 8.91. The second-order valence-corrected chi connectivity index (χ2v) is 7.44. The van der Waals surface area contributed by atoms with Crippen LogP contribution >= 0.6 is 15.9 Å². The lowest BCUT2D eigenvalue weighted by Crippen LogP contribution is -2.34. The van der Waals surface area contributed by atoms with Crippen LogP contribution in [0.2, 0.25) is 0 Å². The Kier molecular flexibility index (Phi) is 5.97. The molecule has 0 radical (unpaired) electrons. The van der Waals surface area contributed by atoms with Crippen LogP contribution in [0.1, 0.15) is 22.7 Å². The molecule has 1 unspecified atom stereocenters. The smallest absolute Gasteiger partial charge is 0.246 e. The number of amides is 1. The lowest BCUT2D eigenvalue weighted by molar-refractivity contribution is -0.127. The van der Waals surface area contributed by atoms with Gasteiger partial charge in [-0.05, 0) is 48.2 Å². The van der Waals surface area contributed by atoms with E-state index in [1.807, 2.05) is 41.4 Å². The number of hydrogen-bond acceptors (Lipinski definition) is 1. The van der Waals surface area contributed by atoms with E-state index >= 15 is 0 Å². The van der Waals surface area contributed by atoms with Crippen molar-refractivity contribution in [1.82, 2.24) is 9.88 Å². The van der Waals surface area contributed by atoms with Gasteiger partial charge in [0.15, 0.2) is 0 Å². The fourth-order valence-corrected chi connectivity index (χ4v) is 3.68. The molecule has 27 heavy (non-hydrogen) atoms. The maximum absolute atomic E-state index is 12.6. The van der Waals surface area contributed by atoms with Crippen LogP contribution in [-0.4, -0.2) is 22.3 Å². The highest BCUT2D eigenvalue weighted by Gasteiger charge is 2.21. The number of aryl methyl sites for hydroxylation is 1. The van der Waals surface area contributed by atoms with Gasteiger partial charge in [-0.2, -0.15) is 0 Å². The van der Waals surface area contributed by atoms with Gasteiger partial charge in [0.2, 0.25) is 5.91 Å². The van der Waals surface area contributed by atoms with Gasteiger partial charge >= 0.3 is 0 Å². The molecule has 2 aromatic carbocycles. The van der Waals surface area contributed by atoms with E-state index in [4.69, 9.17) is 0 Å². The number of nitrogens with one attached hydrogen (secondary N) is 1. The van der Waals surface area contributed by atoms with Crippen LogP contribution in [0.5, 0.6) is 0 Å². The van der Waals surface area contributed by atoms with Crippen molar-refractivity contribution in [2.24, 2.45) is 0 Å². The zero-order valence-corrected chi connectivity index (χ0v) is 17.0. The van der Waals surface area contributed by atoms with Crippen LogP contribution in [0.15, 0.2) is 78.4 Å². The van der Waals surface area contributed by atoms with E-state index in [2.05, 4.69) is 59.2 Å². The second kappa shape index (κ2) is 8.40. The summed E-state index contributed by atoms with van der Waals surface area (Å²) < 4.78 is 1.00. The summed E-state index contributed by atoms with van der Waals surface area (Å²) in [6.45, 7) is 10.3. The molecule has 0 bridgehead atoms. The molecule has 4 heteroatoms. The SMILES string of the molecule is C=CC(=O)N(CCc1c[nH]c2c(C)cccc12)C(C=C)c1ccc(Br)cc1. The summed E-state index contributed by atoms with van der Waals surface area (Å²) in [6, 6.07) is 14.1. The largest absolute Gasteiger partial charge is 0.361 e. The van der Waals surface area contributed by atoms with E-state index in [0.717, 1.165) is 22.0 Å². The van der Waals surface area contributed by atoms with Crippen LogP contribution in [0.4, 0.5) is 0 Å². The molecule has 0 spiro atoms. The third kappa shape index (κ3) is 4.06. The number of halogens is 1. The molecule has 0 saturated heterocycles. The molecule has 0 fully saturated rings. The van der Waals surface area contributed by atoms with Crippen LogP contribution < -0.4 is 0 Å². The van der Waals surface area contributed by atoms with Crippen molar-refractivity contribution in [3.8, 4) is 0 Å². The summed E-state index contributed by atoms with van der Waals surface area (Å²) in [5.41, 5.74) is 4.60. The first-order valence-corrected chi connectivity index (χ1v) is 9.71. The molecule has 0 aliphatic carbocycles. The minimum Gasteiger partial charge on any atom is -0.361 e. The van der Waals surface area contributed by atoms with Crippen molar-refractivity contribution in [3.05, 3.63) is 95.1 Å². The predicted molar refractivity (Wildman–Crippen MR) is 116 cm³/mol. The minimum absolute atomic E-state index is 0.0983. The number of H-pyrrole nitrogens is 1. The van der Waals surface area contributed by atoms with Crippen molar-refractivity contribution in [2.75, 3.05) is 6.54 Å². The minimum atomic E-state index is -0.199. The van der Waals surface area contributed by atoms with Gasteiger partial charge in [0.1, 0.15) is 0 Å². The average Bonchev–Trinajstić information content (AvgIpc) is 3.10. The van der Waals surface area contributed by atoms with Gasteiger partial charge in [-0.1, -0.05) is 58.9 Å². The highest BCUT2D eigenvalue weighted by Crippen LogP contribution is 2.26. The number of nitrogens with zero attached hydrogens (tertiary/aromatic N) is 1. The quantitative estimate of drug-likeness (QED) is 0.383. The summed E-state index contributed by atoms with van der Waals surface area (Å²) in [7, 11) is 0. The summed E-state index contributed by atoms with van der Waals surface area (Å²) in [4.78, 5) is 17.7. The number of benzene rings is 2. The Morgan fingerprint density at radius 3 is 2.63 bits per heavy atom. The summed E-state index contributed by atoms with van der Waals surface area (Å²) in [6.07, 6.45) is 5.97. The fraction of sp³-hybridized carbons (Fsp3) is 0.174. The van der Waals surface area contributed by atoms with Gasteiger partial charge in [0, 0.05) is 28.1 Å². The first kappa shape index (κ1) is 19.2. The van der Waals surface area contributed by atoms with E-state index < -0.39 is 0 Å². The number of hydrogen-bond donors (Lipinski definition) is 1. The van der Waals surface area contributed by atoms with Gasteiger partial charge in [0.05, 0.1) is 6.04 Å². The third-order valence-electron chi connectivity index (χ3n) is 4.86. The molecule has 1 aromatic heterocycles. The number of carbonyl (C=O) groups excluding carboxylic acids is 1. The molecule has 138 valence electrons. The molecule has 0 aliphatic rings. The van der Waals surface area contributed by atoms with E-state index in [-0.39, 0.29) is 11.9 Å². The number of fused-ring (bicyclic) bond motifs is 1. The zero-order chi connectivity index (χ0) is 19.4. The summed E-state index contributed by atoms with van der Waals surface area (Å²) >= 11 is 3.46. The zero-order valence-electron chi connectivity index (χ0n) is 15.4. The van der Waals surface area contributed by atoms with E-state index in [0.29, 0.717) is 6.54 Å². The Morgan fingerprint density at radius 2 is 1.96 bits per heavy atom. The molecule has 3 aromatic rings. The fourth-order valence-electron chi connectivity index (χ4n) is 3.42. The Morgan fingerprint density at radius 1 is 1.22 bits per heavy atom. The maximum atomic E-state index is 12.6. The molecule has 3 nitrogen and oxygen atoms in total. The van der Waals surface area contributed by atoms with Crippen molar-refractivity contribution in [1.29, 1.82) is 0 Å². The molecule has 3 rings (SSSR count). The second-order valence-electron chi connectivity index (χ2n) is 6.53. The Balaban J connectivity index is 1.87. The van der Waals surface area contributed by atoms with Crippen molar-refractivity contribution in [2.45, 2.75) is 19.4 Å². The molecular formula is C23H23BrN2O. The average molecular weight is 423 g/mol. The predicted octanol–water partition coefficient (Wildman–Crippen LogP) is 5.72. The first-order chi connectivity index (χ1) is 13.0. The van der Waals surface area contributed by atoms with Crippen LogP contribution in [-0.2, 0) is 11.2 Å². The lowest BCUT2D eigenvalue weighted by atomic mass is 10.0. The molecule has 1 heterocycles. The summed E-state index contributed by atoms with van der Waals surface area (Å²) in [5, 5.41) is 1.21. The maximum Gasteiger partial charge on any atom is 0.246 e. The van der Waals surface area contributed by atoms with Gasteiger partial charge < -0.3 is 9.88 Å². The lowest BCUT2D eigenvalue weighted by Gasteiger charge is -2.29. The highest BCUT2D eigenvalue weighted by molar-refractivity contribution is 9.10. The van der Waals surface area contributed by atoms with Crippen molar-refractivity contribution in [3.63, 3.8) is 0 Å². The summed E-state index contributed by atoms with van der Waals surface area (Å²) in [5.74, 6) is -0.0983.